The van der Waals surface area contributed by atoms with Gasteiger partial charge in [0.25, 0.3) is 0 Å². The molecule has 2 nitrogen and oxygen atoms in total. The average molecular weight is 170 g/mol. The topological polar surface area (TPSA) is 18.5 Å². The minimum Gasteiger partial charge on any atom is -0.305 e. The lowest BCUT2D eigenvalue weighted by Gasteiger charge is -2.23. The van der Waals surface area contributed by atoms with Crippen molar-refractivity contribution in [2.24, 2.45) is 0 Å². The fraction of sp³-hybridized carbons (Fsp3) is 1.00. The summed E-state index contributed by atoms with van der Waals surface area (Å²) in [5.41, 5.74) is 0. The lowest BCUT2D eigenvalue weighted by atomic mass is 10.3. The third-order valence-corrected chi connectivity index (χ3v) is 2.75. The summed E-state index contributed by atoms with van der Waals surface area (Å²) in [6.45, 7) is -1.12. The van der Waals surface area contributed by atoms with Crippen molar-refractivity contribution in [3.63, 3.8) is 0 Å². The first-order chi connectivity index (χ1) is 4.10. The summed E-state index contributed by atoms with van der Waals surface area (Å²) in [5.74, 6) is 0. The fourth-order valence-electron chi connectivity index (χ4n) is 0.626. The van der Waals surface area contributed by atoms with E-state index >= 15 is 0 Å². The van der Waals surface area contributed by atoms with Gasteiger partial charge in [-0.1, -0.05) is 0 Å². The zero-order valence-corrected chi connectivity index (χ0v) is 6.75. The van der Waals surface area contributed by atoms with Crippen LogP contribution in [0.5, 0.6) is 0 Å². The Kier molecular flexibility index (Phi) is 2.22. The van der Waals surface area contributed by atoms with E-state index in [1.54, 1.807) is 6.92 Å². The van der Waals surface area contributed by atoms with Gasteiger partial charge in [-0.25, -0.2) is 0 Å². The van der Waals surface area contributed by atoms with Crippen LogP contribution in [0.2, 0.25) is 0 Å². The van der Waals surface area contributed by atoms with Crippen LogP contribution in [0.3, 0.4) is 0 Å². The summed E-state index contributed by atoms with van der Waals surface area (Å²) in [5, 5.41) is 0. The molecule has 0 unspecified atom stereocenters. The van der Waals surface area contributed by atoms with Crippen LogP contribution in [0.4, 0.5) is 4.20 Å². The van der Waals surface area contributed by atoms with Crippen LogP contribution in [0.25, 0.3) is 0 Å². The van der Waals surface area contributed by atoms with E-state index in [1.165, 1.54) is 0 Å². The Morgan fingerprint density at radius 2 is 2.44 bits per heavy atom. The molecule has 0 radical (unpaired) electrons. The van der Waals surface area contributed by atoms with E-state index in [2.05, 4.69) is 16.3 Å². The Balaban J connectivity index is 2.51. The van der Waals surface area contributed by atoms with E-state index in [0.717, 1.165) is 6.42 Å². The highest BCUT2D eigenvalue weighted by molar-refractivity contribution is 8.07. The van der Waals surface area contributed by atoms with Crippen molar-refractivity contribution in [3.05, 3.63) is 0 Å². The second-order valence-electron chi connectivity index (χ2n) is 1.97. The molecule has 1 fully saturated rings. The minimum absolute atomic E-state index is 0.0745. The van der Waals surface area contributed by atoms with Gasteiger partial charge in [0, 0.05) is 0 Å². The number of halogens is 1. The smallest absolute Gasteiger partial charge is 0.305 e. The molecule has 1 saturated heterocycles. The Morgan fingerprint density at radius 3 is 2.78 bits per heavy atom. The predicted octanol–water partition coefficient (Wildman–Crippen LogP) is 2.01. The second-order valence-corrected chi connectivity index (χ2v) is 4.61. The molecule has 1 rings (SSSR count). The van der Waals surface area contributed by atoms with E-state index in [9.17, 15) is 4.20 Å². The van der Waals surface area contributed by atoms with Gasteiger partial charge in [-0.05, 0) is 25.2 Å². The van der Waals surface area contributed by atoms with Gasteiger partial charge in [0.1, 0.15) is 0 Å². The SMILES string of the molecule is C[C@H]1CCO[P@](F)(=S)O1. The molecule has 1 aliphatic rings. The molecule has 0 bridgehead atoms. The molecule has 1 heterocycles. The highest BCUT2D eigenvalue weighted by Crippen LogP contribution is 2.54. The standard InChI is InChI=1S/C4H8FO2PS/c1-4-2-3-6-8(5,9)7-4/h4H,2-3H2,1H3/t4-,8-/m0/s1. The minimum atomic E-state index is -3.31. The normalized spacial score (nSPS) is 44.9. The lowest BCUT2D eigenvalue weighted by molar-refractivity contribution is 0.101. The molecule has 2 atom stereocenters. The molecule has 0 aromatic rings. The first-order valence-corrected chi connectivity index (χ1v) is 5.26. The van der Waals surface area contributed by atoms with Crippen LogP contribution in [0.15, 0.2) is 0 Å². The van der Waals surface area contributed by atoms with E-state index in [1.807, 2.05) is 0 Å². The molecule has 0 N–H and O–H groups in total. The number of hydrogen-bond donors (Lipinski definition) is 0. The zero-order valence-electron chi connectivity index (χ0n) is 5.04. The number of rotatable bonds is 0. The third-order valence-electron chi connectivity index (χ3n) is 1.08. The van der Waals surface area contributed by atoms with Crippen LogP contribution in [0.1, 0.15) is 13.3 Å². The van der Waals surface area contributed by atoms with Crippen molar-refractivity contribution in [2.45, 2.75) is 19.4 Å². The van der Waals surface area contributed by atoms with Gasteiger partial charge in [-0.15, -0.1) is 0 Å². The van der Waals surface area contributed by atoms with Crippen molar-refractivity contribution in [2.75, 3.05) is 6.61 Å². The van der Waals surface area contributed by atoms with Gasteiger partial charge in [-0.3, -0.25) is 0 Å². The molecule has 0 aromatic heterocycles. The maximum atomic E-state index is 12.6. The van der Waals surface area contributed by atoms with Crippen LogP contribution < -0.4 is 0 Å². The molecular weight excluding hydrogens is 162 g/mol. The Bertz CT molecular complexity index is 152. The summed E-state index contributed by atoms with van der Waals surface area (Å²) in [6, 6.07) is 0. The Morgan fingerprint density at radius 1 is 1.78 bits per heavy atom. The summed E-state index contributed by atoms with van der Waals surface area (Å²) in [6.07, 6.45) is 0.664. The molecule has 9 heavy (non-hydrogen) atoms. The van der Waals surface area contributed by atoms with Crippen molar-refractivity contribution in [1.82, 2.24) is 0 Å². The second kappa shape index (κ2) is 2.62. The van der Waals surface area contributed by atoms with Crippen molar-refractivity contribution < 1.29 is 13.2 Å². The van der Waals surface area contributed by atoms with E-state index in [4.69, 9.17) is 4.52 Å². The predicted molar refractivity (Wildman–Crippen MR) is 36.5 cm³/mol. The summed E-state index contributed by atoms with van der Waals surface area (Å²) >= 11 is 4.37. The average Bonchev–Trinajstić information content (AvgIpc) is 1.60. The first kappa shape index (κ1) is 7.61. The van der Waals surface area contributed by atoms with E-state index < -0.39 is 6.80 Å². The molecule has 0 amide bonds. The van der Waals surface area contributed by atoms with E-state index in [-0.39, 0.29) is 6.10 Å². The molecule has 0 spiro atoms. The molecule has 1 aliphatic heterocycles. The van der Waals surface area contributed by atoms with E-state index in [0.29, 0.717) is 6.61 Å². The molecule has 0 aromatic carbocycles. The van der Waals surface area contributed by atoms with Crippen molar-refractivity contribution >= 4 is 18.6 Å². The molecular formula is C4H8FO2PS. The largest absolute Gasteiger partial charge is 0.366 e. The molecule has 0 saturated carbocycles. The highest BCUT2D eigenvalue weighted by Gasteiger charge is 2.26. The summed E-state index contributed by atoms with van der Waals surface area (Å²) < 4.78 is 21.9. The first-order valence-electron chi connectivity index (χ1n) is 2.73. The van der Waals surface area contributed by atoms with Gasteiger partial charge < -0.3 is 9.05 Å². The van der Waals surface area contributed by atoms with Gasteiger partial charge >= 0.3 is 6.80 Å². The van der Waals surface area contributed by atoms with Crippen LogP contribution in [-0.4, -0.2) is 12.7 Å². The van der Waals surface area contributed by atoms with Crippen LogP contribution in [0, 0.1) is 0 Å². The van der Waals surface area contributed by atoms with Gasteiger partial charge in [0.15, 0.2) is 0 Å². The lowest BCUT2D eigenvalue weighted by Crippen LogP contribution is -2.14. The molecule has 0 aliphatic carbocycles. The quantitative estimate of drug-likeness (QED) is 0.518. The maximum Gasteiger partial charge on any atom is 0.366 e. The van der Waals surface area contributed by atoms with Crippen molar-refractivity contribution in [1.29, 1.82) is 0 Å². The summed E-state index contributed by atoms with van der Waals surface area (Å²) in [4.78, 5) is 0. The van der Waals surface area contributed by atoms with Gasteiger partial charge in [0.05, 0.1) is 12.7 Å². The van der Waals surface area contributed by atoms with Crippen molar-refractivity contribution in [3.8, 4) is 0 Å². The maximum absolute atomic E-state index is 12.6. The molecule has 5 heteroatoms. The van der Waals surface area contributed by atoms with Gasteiger partial charge in [0.2, 0.25) is 0 Å². The third kappa shape index (κ3) is 2.30. The Hall–Kier alpha value is 0.500. The highest BCUT2D eigenvalue weighted by atomic mass is 32.5. The van der Waals surface area contributed by atoms with Crippen LogP contribution >= 0.6 is 6.80 Å². The zero-order chi connectivity index (χ0) is 6.91. The molecule has 54 valence electrons. The van der Waals surface area contributed by atoms with Crippen LogP contribution in [-0.2, 0) is 20.9 Å². The fourth-order valence-corrected chi connectivity index (χ4v) is 2.21. The van der Waals surface area contributed by atoms with Gasteiger partial charge in [-0.2, -0.15) is 4.20 Å². The number of hydrogen-bond acceptors (Lipinski definition) is 3. The summed E-state index contributed by atoms with van der Waals surface area (Å²) in [7, 11) is 0. The monoisotopic (exact) mass is 170 g/mol. The Labute approximate surface area is 58.6 Å².